The molecule has 2 N–H and O–H groups in total. The van der Waals surface area contributed by atoms with E-state index in [1.807, 2.05) is 6.92 Å². The summed E-state index contributed by atoms with van der Waals surface area (Å²) in [6.07, 6.45) is 2.12. The van der Waals surface area contributed by atoms with Crippen molar-refractivity contribution in [2.24, 2.45) is 0 Å². The lowest BCUT2D eigenvalue weighted by atomic mass is 9.97. The molecule has 2 rings (SSSR count). The molecule has 0 saturated heterocycles. The smallest absolute Gasteiger partial charge is 0.336 e. The summed E-state index contributed by atoms with van der Waals surface area (Å²) >= 11 is 0. The Morgan fingerprint density at radius 3 is 2.24 bits per heavy atom. The minimum atomic E-state index is -1.17. The number of rotatable bonds is 8. The summed E-state index contributed by atoms with van der Waals surface area (Å²) in [5, 5.41) is 19.6. The van der Waals surface area contributed by atoms with Gasteiger partial charge in [0.15, 0.2) is 5.78 Å². The van der Waals surface area contributed by atoms with Crippen LogP contribution in [0.5, 0.6) is 5.75 Å². The minimum Gasteiger partial charge on any atom is -0.507 e. The molecule has 2 aromatic carbocycles. The van der Waals surface area contributed by atoms with E-state index < -0.39 is 11.8 Å². The van der Waals surface area contributed by atoms with Gasteiger partial charge >= 0.3 is 5.97 Å². The van der Waals surface area contributed by atoms with Crippen LogP contribution in [0.1, 0.15) is 53.0 Å². The molecule has 2 aromatic rings. The van der Waals surface area contributed by atoms with Crippen molar-refractivity contribution in [2.45, 2.75) is 26.7 Å². The first-order valence-corrected chi connectivity index (χ1v) is 8.44. The second-order valence-corrected chi connectivity index (χ2v) is 5.81. The molecule has 0 radical (unpaired) electrons. The number of ketones is 1. The molecule has 0 atom stereocenters. The summed E-state index contributed by atoms with van der Waals surface area (Å²) in [5.74, 6) is -1.81. The number of phenolic OH excluding ortho intramolecular Hbond substituents is 1. The van der Waals surface area contributed by atoms with E-state index in [1.54, 1.807) is 30.3 Å². The van der Waals surface area contributed by atoms with Crippen LogP contribution in [0.2, 0.25) is 0 Å². The Labute approximate surface area is 147 Å². The molecule has 0 aromatic heterocycles. The summed E-state index contributed by atoms with van der Waals surface area (Å²) in [4.78, 5) is 26.1. The number of benzene rings is 2. The van der Waals surface area contributed by atoms with Gasteiger partial charge in [0.25, 0.3) is 0 Å². The largest absolute Gasteiger partial charge is 0.507 e. The number of aromatic hydroxyl groups is 1. The van der Waals surface area contributed by atoms with Crippen LogP contribution in [0.25, 0.3) is 0 Å². The predicted octanol–water partition coefficient (Wildman–Crippen LogP) is 3.95. The molecule has 0 heterocycles. The third-order valence-electron chi connectivity index (χ3n) is 4.16. The quantitative estimate of drug-likeness (QED) is 0.711. The molecule has 0 unspecified atom stereocenters. The Hall–Kier alpha value is -2.82. The van der Waals surface area contributed by atoms with Crippen molar-refractivity contribution in [3.05, 3.63) is 59.2 Å². The van der Waals surface area contributed by atoms with Crippen molar-refractivity contribution < 1.29 is 19.8 Å². The Bertz CT molecular complexity index is 770. The second kappa shape index (κ2) is 8.33. The van der Waals surface area contributed by atoms with Crippen LogP contribution >= 0.6 is 0 Å². The van der Waals surface area contributed by atoms with Crippen LogP contribution in [-0.4, -0.2) is 35.1 Å². The van der Waals surface area contributed by atoms with E-state index in [9.17, 15) is 19.8 Å². The summed E-state index contributed by atoms with van der Waals surface area (Å²) in [6, 6.07) is 10.9. The molecule has 0 saturated carbocycles. The maximum Gasteiger partial charge on any atom is 0.336 e. The molecule has 0 spiro atoms. The van der Waals surface area contributed by atoms with Gasteiger partial charge in [0.2, 0.25) is 0 Å². The van der Waals surface area contributed by atoms with E-state index in [2.05, 4.69) is 11.8 Å². The zero-order valence-corrected chi connectivity index (χ0v) is 14.5. The molecule has 0 amide bonds. The van der Waals surface area contributed by atoms with Gasteiger partial charge in [-0.1, -0.05) is 31.5 Å². The fourth-order valence-corrected chi connectivity index (χ4v) is 2.74. The van der Waals surface area contributed by atoms with E-state index in [0.29, 0.717) is 0 Å². The highest BCUT2D eigenvalue weighted by Crippen LogP contribution is 2.28. The van der Waals surface area contributed by atoms with Crippen LogP contribution in [0, 0.1) is 0 Å². The van der Waals surface area contributed by atoms with Crippen LogP contribution in [0.3, 0.4) is 0 Å². The molecule has 5 nitrogen and oxygen atoms in total. The Morgan fingerprint density at radius 1 is 1.00 bits per heavy atom. The molecule has 25 heavy (non-hydrogen) atoms. The van der Waals surface area contributed by atoms with Crippen molar-refractivity contribution in [3.8, 4) is 5.75 Å². The zero-order valence-electron chi connectivity index (χ0n) is 14.5. The Kier molecular flexibility index (Phi) is 6.17. The number of hydrogen-bond acceptors (Lipinski definition) is 4. The lowest BCUT2D eigenvalue weighted by Crippen LogP contribution is -2.23. The van der Waals surface area contributed by atoms with Crippen molar-refractivity contribution in [1.29, 1.82) is 0 Å². The average Bonchev–Trinajstić information content (AvgIpc) is 2.62. The number of phenols is 1. The maximum absolute atomic E-state index is 12.7. The molecule has 0 fully saturated rings. The summed E-state index contributed by atoms with van der Waals surface area (Å²) < 4.78 is 0. The number of anilines is 1. The van der Waals surface area contributed by atoms with E-state index >= 15 is 0 Å². The number of carboxylic acid groups (broad SMARTS) is 1. The van der Waals surface area contributed by atoms with Gasteiger partial charge < -0.3 is 15.1 Å². The number of aromatic carboxylic acids is 1. The van der Waals surface area contributed by atoms with Gasteiger partial charge in [0.05, 0.1) is 11.1 Å². The molecular formula is C20H23NO4. The van der Waals surface area contributed by atoms with Crippen molar-refractivity contribution in [1.82, 2.24) is 0 Å². The van der Waals surface area contributed by atoms with Gasteiger partial charge in [-0.25, -0.2) is 4.79 Å². The third kappa shape index (κ3) is 4.18. The number of hydrogen-bond donors (Lipinski definition) is 2. The molecule has 132 valence electrons. The topological polar surface area (TPSA) is 77.8 Å². The van der Waals surface area contributed by atoms with E-state index in [-0.39, 0.29) is 22.4 Å². The molecule has 5 heteroatoms. The normalized spacial score (nSPS) is 10.5. The lowest BCUT2D eigenvalue weighted by Gasteiger charge is -2.23. The summed E-state index contributed by atoms with van der Waals surface area (Å²) in [5.41, 5.74) is 0.936. The van der Waals surface area contributed by atoms with Crippen molar-refractivity contribution >= 4 is 17.4 Å². The number of unbranched alkanes of at least 4 members (excludes halogenated alkanes) is 1. The fourth-order valence-electron chi connectivity index (χ4n) is 2.74. The van der Waals surface area contributed by atoms with Crippen LogP contribution in [0.4, 0.5) is 5.69 Å². The first-order chi connectivity index (χ1) is 12.0. The molecule has 0 aliphatic carbocycles. The summed E-state index contributed by atoms with van der Waals surface area (Å²) in [6.45, 7) is 5.83. The average molecular weight is 341 g/mol. The zero-order chi connectivity index (χ0) is 18.4. The maximum atomic E-state index is 12.7. The van der Waals surface area contributed by atoms with E-state index in [4.69, 9.17) is 0 Å². The SMILES string of the molecule is CCCCN(CC)c1ccc(C(=O)c2ccccc2C(=O)O)c(O)c1. The van der Waals surface area contributed by atoms with Gasteiger partial charge in [-0.2, -0.15) is 0 Å². The fraction of sp³-hybridized carbons (Fsp3) is 0.300. The molecular weight excluding hydrogens is 318 g/mol. The van der Waals surface area contributed by atoms with Gasteiger partial charge in [-0.05, 0) is 31.5 Å². The summed E-state index contributed by atoms with van der Waals surface area (Å²) in [7, 11) is 0. The highest BCUT2D eigenvalue weighted by molar-refractivity contribution is 6.15. The van der Waals surface area contributed by atoms with E-state index in [1.165, 1.54) is 12.1 Å². The number of carboxylic acids is 1. The monoisotopic (exact) mass is 341 g/mol. The number of nitrogens with zero attached hydrogens (tertiary/aromatic N) is 1. The van der Waals surface area contributed by atoms with Crippen molar-refractivity contribution in [2.75, 3.05) is 18.0 Å². The Morgan fingerprint density at radius 2 is 1.68 bits per heavy atom. The lowest BCUT2D eigenvalue weighted by molar-refractivity contribution is 0.0692. The Balaban J connectivity index is 2.35. The highest BCUT2D eigenvalue weighted by Gasteiger charge is 2.20. The third-order valence-corrected chi connectivity index (χ3v) is 4.16. The molecule has 0 bridgehead atoms. The highest BCUT2D eigenvalue weighted by atomic mass is 16.4. The van der Waals surface area contributed by atoms with Crippen LogP contribution < -0.4 is 4.90 Å². The van der Waals surface area contributed by atoms with E-state index in [0.717, 1.165) is 31.6 Å². The van der Waals surface area contributed by atoms with Crippen molar-refractivity contribution in [3.63, 3.8) is 0 Å². The van der Waals surface area contributed by atoms with Gasteiger partial charge in [0.1, 0.15) is 5.75 Å². The first kappa shape index (κ1) is 18.5. The standard InChI is InChI=1S/C20H23NO4/c1-3-5-12-21(4-2)14-10-11-17(18(22)13-14)19(23)15-8-6-7-9-16(15)20(24)25/h6-11,13,22H,3-5,12H2,1-2H3,(H,24,25). The molecule has 0 aliphatic heterocycles. The van der Waals surface area contributed by atoms with Crippen LogP contribution in [0.15, 0.2) is 42.5 Å². The van der Waals surface area contributed by atoms with Gasteiger partial charge in [-0.15, -0.1) is 0 Å². The minimum absolute atomic E-state index is 0.0661. The van der Waals surface area contributed by atoms with Crippen LogP contribution in [-0.2, 0) is 0 Å². The number of carbonyl (C=O) groups excluding carboxylic acids is 1. The number of carbonyl (C=O) groups is 2. The second-order valence-electron chi connectivity index (χ2n) is 5.81. The molecule has 0 aliphatic rings. The predicted molar refractivity (Wildman–Crippen MR) is 97.7 cm³/mol. The first-order valence-electron chi connectivity index (χ1n) is 8.44. The van der Waals surface area contributed by atoms with Gasteiger partial charge in [0, 0.05) is 30.4 Å². The van der Waals surface area contributed by atoms with Gasteiger partial charge in [-0.3, -0.25) is 4.79 Å².